The summed E-state index contributed by atoms with van der Waals surface area (Å²) in [5.41, 5.74) is 0.805. The zero-order valence-corrected chi connectivity index (χ0v) is 16.0. The van der Waals surface area contributed by atoms with Gasteiger partial charge < -0.3 is 20.1 Å². The minimum atomic E-state index is -0.454. The molecule has 1 aromatic carbocycles. The lowest BCUT2D eigenvalue weighted by atomic mass is 9.81. The molecule has 7 nitrogen and oxygen atoms in total. The van der Waals surface area contributed by atoms with Crippen LogP contribution in [0.25, 0.3) is 0 Å². The van der Waals surface area contributed by atoms with Crippen molar-refractivity contribution in [1.82, 2.24) is 5.32 Å². The third-order valence-electron chi connectivity index (χ3n) is 4.75. The normalized spacial score (nSPS) is 19.2. The Labute approximate surface area is 159 Å². The molecule has 2 rings (SSSR count). The van der Waals surface area contributed by atoms with Gasteiger partial charge in [0.1, 0.15) is 0 Å². The molecule has 148 valence electrons. The second-order valence-electron chi connectivity index (χ2n) is 6.59. The Morgan fingerprint density at radius 2 is 1.67 bits per heavy atom. The number of hydrogen-bond acceptors (Lipinski definition) is 5. The Morgan fingerprint density at radius 3 is 2.30 bits per heavy atom. The molecule has 2 amide bonds. The summed E-state index contributed by atoms with van der Waals surface area (Å²) >= 11 is 0. The van der Waals surface area contributed by atoms with Crippen LogP contribution in [0.4, 0.5) is 5.69 Å². The summed E-state index contributed by atoms with van der Waals surface area (Å²) in [6, 6.07) is 6.82. The smallest absolute Gasteiger partial charge is 0.340 e. The fourth-order valence-corrected chi connectivity index (χ4v) is 3.25. The molecule has 1 saturated carbocycles. The highest BCUT2D eigenvalue weighted by Gasteiger charge is 2.30. The van der Waals surface area contributed by atoms with Crippen molar-refractivity contribution in [3.63, 3.8) is 0 Å². The van der Waals surface area contributed by atoms with Gasteiger partial charge in [-0.25, -0.2) is 4.79 Å². The summed E-state index contributed by atoms with van der Waals surface area (Å²) in [5.74, 6) is -0.769. The van der Waals surface area contributed by atoms with Crippen molar-refractivity contribution >= 4 is 23.5 Å². The molecular formula is C20H28N2O5. The zero-order valence-electron chi connectivity index (χ0n) is 16.0. The molecule has 2 N–H and O–H groups in total. The number of carbonyl (C=O) groups is 3. The van der Waals surface area contributed by atoms with E-state index in [0.717, 1.165) is 0 Å². The topological polar surface area (TPSA) is 93.7 Å². The second kappa shape index (κ2) is 10.7. The molecule has 0 aliphatic heterocycles. The third-order valence-corrected chi connectivity index (χ3v) is 4.75. The van der Waals surface area contributed by atoms with Crippen LogP contribution in [0.15, 0.2) is 24.3 Å². The highest BCUT2D eigenvalue weighted by Crippen LogP contribution is 2.30. The third kappa shape index (κ3) is 6.06. The maximum absolute atomic E-state index is 12.6. The number of anilines is 1. The number of hydrogen-bond donors (Lipinski definition) is 2. The second-order valence-corrected chi connectivity index (χ2v) is 6.59. The first-order valence-electron chi connectivity index (χ1n) is 9.40. The van der Waals surface area contributed by atoms with Gasteiger partial charge in [-0.2, -0.15) is 0 Å². The monoisotopic (exact) mass is 376 g/mol. The first-order valence-corrected chi connectivity index (χ1v) is 9.40. The zero-order chi connectivity index (χ0) is 19.6. The van der Waals surface area contributed by atoms with E-state index in [-0.39, 0.29) is 30.3 Å². The van der Waals surface area contributed by atoms with E-state index in [2.05, 4.69) is 10.6 Å². The number of rotatable bonds is 8. The lowest BCUT2D eigenvalue weighted by molar-refractivity contribution is -0.128. The van der Waals surface area contributed by atoms with Crippen LogP contribution in [0, 0.1) is 11.8 Å². The van der Waals surface area contributed by atoms with Crippen LogP contribution in [-0.4, -0.2) is 44.7 Å². The highest BCUT2D eigenvalue weighted by molar-refractivity contribution is 6.01. The quantitative estimate of drug-likeness (QED) is 0.537. The van der Waals surface area contributed by atoms with Crippen molar-refractivity contribution in [2.24, 2.45) is 11.8 Å². The van der Waals surface area contributed by atoms with E-state index in [0.29, 0.717) is 50.1 Å². The number of benzene rings is 1. The van der Waals surface area contributed by atoms with Gasteiger partial charge >= 0.3 is 5.97 Å². The van der Waals surface area contributed by atoms with Crippen LogP contribution in [-0.2, 0) is 19.1 Å². The Morgan fingerprint density at radius 1 is 1.04 bits per heavy atom. The molecule has 0 saturated heterocycles. The number of nitrogens with one attached hydrogen (secondary N) is 2. The van der Waals surface area contributed by atoms with Crippen molar-refractivity contribution in [3.05, 3.63) is 29.8 Å². The van der Waals surface area contributed by atoms with Crippen LogP contribution in [0.1, 0.15) is 43.0 Å². The molecule has 7 heteroatoms. The lowest BCUT2D eigenvalue weighted by Crippen LogP contribution is -2.36. The molecule has 0 heterocycles. The van der Waals surface area contributed by atoms with Gasteiger partial charge in [0.25, 0.3) is 0 Å². The van der Waals surface area contributed by atoms with Crippen LogP contribution in [0.3, 0.4) is 0 Å². The van der Waals surface area contributed by atoms with E-state index >= 15 is 0 Å². The van der Waals surface area contributed by atoms with Crippen LogP contribution in [0.5, 0.6) is 0 Å². The average Bonchev–Trinajstić information content (AvgIpc) is 2.68. The molecule has 0 aromatic heterocycles. The van der Waals surface area contributed by atoms with E-state index in [1.807, 2.05) is 0 Å². The summed E-state index contributed by atoms with van der Waals surface area (Å²) in [7, 11) is 1.59. The maximum Gasteiger partial charge on any atom is 0.340 e. The van der Waals surface area contributed by atoms with Crippen molar-refractivity contribution in [1.29, 1.82) is 0 Å². The molecule has 1 fully saturated rings. The first kappa shape index (κ1) is 20.9. The van der Waals surface area contributed by atoms with Gasteiger partial charge in [0, 0.05) is 25.5 Å². The van der Waals surface area contributed by atoms with Gasteiger partial charge in [-0.15, -0.1) is 0 Å². The fourth-order valence-electron chi connectivity index (χ4n) is 3.25. The number of amides is 2. The Balaban J connectivity index is 1.88. The summed E-state index contributed by atoms with van der Waals surface area (Å²) in [4.78, 5) is 36.7. The molecular weight excluding hydrogens is 348 g/mol. The van der Waals surface area contributed by atoms with E-state index < -0.39 is 5.97 Å². The van der Waals surface area contributed by atoms with Gasteiger partial charge in [-0.3, -0.25) is 9.59 Å². The Kier molecular flexibility index (Phi) is 8.26. The molecule has 0 spiro atoms. The molecule has 0 atom stereocenters. The standard InChI is InChI=1S/C20H28N2O5/c1-3-27-20(25)16-6-4-5-7-17(16)22-19(24)15-10-8-14(9-11-15)18(23)21-12-13-26-2/h4-7,14-15H,3,8-13H2,1-2H3,(H,21,23)(H,22,24). The van der Waals surface area contributed by atoms with Crippen molar-refractivity contribution in [2.45, 2.75) is 32.6 Å². The number of para-hydroxylation sites is 1. The minimum absolute atomic E-state index is 0.0264. The molecule has 1 aliphatic carbocycles. The molecule has 0 unspecified atom stereocenters. The molecule has 27 heavy (non-hydrogen) atoms. The SMILES string of the molecule is CCOC(=O)c1ccccc1NC(=O)C1CCC(C(=O)NCCOC)CC1. The van der Waals surface area contributed by atoms with E-state index in [1.165, 1.54) is 0 Å². The lowest BCUT2D eigenvalue weighted by Gasteiger charge is -2.27. The van der Waals surface area contributed by atoms with E-state index in [4.69, 9.17) is 9.47 Å². The summed E-state index contributed by atoms with van der Waals surface area (Å²) in [5, 5.41) is 5.70. The predicted molar refractivity (Wildman–Crippen MR) is 101 cm³/mol. The molecule has 1 aromatic rings. The van der Waals surface area contributed by atoms with Crippen molar-refractivity contribution < 1.29 is 23.9 Å². The number of esters is 1. The summed E-state index contributed by atoms with van der Waals surface area (Å²) < 4.78 is 9.96. The average molecular weight is 376 g/mol. The van der Waals surface area contributed by atoms with Gasteiger partial charge in [-0.1, -0.05) is 12.1 Å². The van der Waals surface area contributed by atoms with Crippen LogP contribution < -0.4 is 10.6 Å². The first-order chi connectivity index (χ1) is 13.1. The van der Waals surface area contributed by atoms with Gasteiger partial charge in [0.2, 0.25) is 11.8 Å². The highest BCUT2D eigenvalue weighted by atomic mass is 16.5. The van der Waals surface area contributed by atoms with E-state index in [1.54, 1.807) is 38.3 Å². The van der Waals surface area contributed by atoms with Crippen LogP contribution in [0.2, 0.25) is 0 Å². The van der Waals surface area contributed by atoms with Crippen molar-refractivity contribution in [2.75, 3.05) is 32.2 Å². The number of methoxy groups -OCH3 is 1. The maximum atomic E-state index is 12.6. The Bertz CT molecular complexity index is 654. The molecule has 0 radical (unpaired) electrons. The predicted octanol–water partition coefficient (Wildman–Crippen LogP) is 2.37. The Hall–Kier alpha value is -2.41. The van der Waals surface area contributed by atoms with Crippen molar-refractivity contribution in [3.8, 4) is 0 Å². The summed E-state index contributed by atoms with van der Waals surface area (Å²) in [6.45, 7) is 3.00. The number of ether oxygens (including phenoxy) is 2. The summed E-state index contributed by atoms with van der Waals surface area (Å²) in [6.07, 6.45) is 2.65. The van der Waals surface area contributed by atoms with Crippen LogP contribution >= 0.6 is 0 Å². The number of carbonyl (C=O) groups excluding carboxylic acids is 3. The molecule has 1 aliphatic rings. The minimum Gasteiger partial charge on any atom is -0.462 e. The molecule has 0 bridgehead atoms. The fraction of sp³-hybridized carbons (Fsp3) is 0.550. The van der Waals surface area contributed by atoms with E-state index in [9.17, 15) is 14.4 Å². The van der Waals surface area contributed by atoms with Gasteiger partial charge in [0.05, 0.1) is 24.5 Å². The largest absolute Gasteiger partial charge is 0.462 e. The van der Waals surface area contributed by atoms with Gasteiger partial charge in [-0.05, 0) is 44.7 Å². The van der Waals surface area contributed by atoms with Gasteiger partial charge in [0.15, 0.2) is 0 Å².